The zero-order valence-corrected chi connectivity index (χ0v) is 14.9. The highest BCUT2D eigenvalue weighted by atomic mass is 32.2. The number of rotatable bonds is 7. The predicted molar refractivity (Wildman–Crippen MR) is 88.7 cm³/mol. The first-order valence-electron chi connectivity index (χ1n) is 7.43. The van der Waals surface area contributed by atoms with Gasteiger partial charge >= 0.3 is 6.09 Å². The Morgan fingerprint density at radius 1 is 1.22 bits per heavy atom. The summed E-state index contributed by atoms with van der Waals surface area (Å²) in [5.74, 6) is 0. The van der Waals surface area contributed by atoms with E-state index in [0.29, 0.717) is 12.8 Å². The van der Waals surface area contributed by atoms with E-state index in [0.717, 1.165) is 11.8 Å². The van der Waals surface area contributed by atoms with Gasteiger partial charge in [-0.2, -0.15) is 8.42 Å². The van der Waals surface area contributed by atoms with Crippen molar-refractivity contribution in [3.8, 4) is 0 Å². The maximum Gasteiger partial charge on any atom is 0.407 e. The number of amides is 1. The fraction of sp³-hybridized carbons (Fsp3) is 0.562. The minimum atomic E-state index is -3.57. The van der Waals surface area contributed by atoms with Crippen LogP contribution in [0.3, 0.4) is 0 Å². The molecule has 0 saturated heterocycles. The molecule has 1 atom stereocenters. The van der Waals surface area contributed by atoms with Gasteiger partial charge in [0, 0.05) is 0 Å². The van der Waals surface area contributed by atoms with Crippen molar-refractivity contribution >= 4 is 16.2 Å². The molecule has 0 unspecified atom stereocenters. The molecule has 1 N–H and O–H groups in total. The molecule has 0 heterocycles. The third kappa shape index (κ3) is 9.91. The molecule has 0 aromatic heterocycles. The Hall–Kier alpha value is -1.60. The summed E-state index contributed by atoms with van der Waals surface area (Å²) in [5, 5.41) is 2.67. The number of benzene rings is 1. The van der Waals surface area contributed by atoms with E-state index in [1.165, 1.54) is 0 Å². The zero-order valence-electron chi connectivity index (χ0n) is 14.0. The third-order valence-electron chi connectivity index (χ3n) is 2.83. The van der Waals surface area contributed by atoms with Gasteiger partial charge in [0.2, 0.25) is 0 Å². The number of carbonyl (C=O) groups is 1. The van der Waals surface area contributed by atoms with Crippen LogP contribution in [0.5, 0.6) is 0 Å². The molecule has 6 nitrogen and oxygen atoms in total. The summed E-state index contributed by atoms with van der Waals surface area (Å²) < 4.78 is 32.3. The summed E-state index contributed by atoms with van der Waals surface area (Å²) >= 11 is 0. The third-order valence-corrected chi connectivity index (χ3v) is 3.39. The highest BCUT2D eigenvalue weighted by Gasteiger charge is 2.20. The largest absolute Gasteiger partial charge is 0.444 e. The lowest BCUT2D eigenvalue weighted by Gasteiger charge is -2.23. The molecule has 0 aliphatic carbocycles. The lowest BCUT2D eigenvalue weighted by atomic mass is 10.1. The molecule has 1 rings (SSSR count). The van der Waals surface area contributed by atoms with Crippen molar-refractivity contribution in [1.82, 2.24) is 5.32 Å². The maximum absolute atomic E-state index is 11.9. The molecular formula is C16H25NO5S. The quantitative estimate of drug-likeness (QED) is 0.769. The number of carbonyl (C=O) groups excluding carboxylic acids is 1. The van der Waals surface area contributed by atoms with Crippen LogP contribution in [0.15, 0.2) is 30.3 Å². The molecule has 0 bridgehead atoms. The molecule has 7 heteroatoms. The predicted octanol–water partition coefficient (Wildman–Crippen LogP) is 2.49. The standard InChI is InChI=1S/C16H25NO5S/c1-16(2,3)22-15(18)17-14(12-21-23(4,19)20)11-10-13-8-6-5-7-9-13/h5-9,14H,10-12H2,1-4H3,(H,17,18)/t14-/m1/s1. The Bertz CT molecular complexity index is 593. The average Bonchev–Trinajstić information content (AvgIpc) is 2.40. The normalized spacial score (nSPS) is 13.4. The van der Waals surface area contributed by atoms with Crippen molar-refractivity contribution in [3.63, 3.8) is 0 Å². The highest BCUT2D eigenvalue weighted by molar-refractivity contribution is 7.85. The highest BCUT2D eigenvalue weighted by Crippen LogP contribution is 2.09. The van der Waals surface area contributed by atoms with E-state index >= 15 is 0 Å². The van der Waals surface area contributed by atoms with Crippen LogP contribution < -0.4 is 5.32 Å². The lowest BCUT2D eigenvalue weighted by molar-refractivity contribution is 0.0485. The van der Waals surface area contributed by atoms with Crippen molar-refractivity contribution in [2.45, 2.75) is 45.3 Å². The van der Waals surface area contributed by atoms with Crippen LogP contribution >= 0.6 is 0 Å². The number of aryl methyl sites for hydroxylation is 1. The topological polar surface area (TPSA) is 81.7 Å². The number of nitrogens with one attached hydrogen (secondary N) is 1. The van der Waals surface area contributed by atoms with Gasteiger partial charge in [0.15, 0.2) is 0 Å². The second-order valence-electron chi connectivity index (χ2n) is 6.36. The van der Waals surface area contributed by atoms with Gasteiger partial charge in [-0.25, -0.2) is 4.79 Å². The molecule has 1 amide bonds. The molecule has 1 aromatic carbocycles. The van der Waals surface area contributed by atoms with Gasteiger partial charge in [0.25, 0.3) is 10.1 Å². The summed E-state index contributed by atoms with van der Waals surface area (Å²) in [6.07, 6.45) is 1.62. The van der Waals surface area contributed by atoms with Crippen molar-refractivity contribution in [2.24, 2.45) is 0 Å². The lowest BCUT2D eigenvalue weighted by Crippen LogP contribution is -2.42. The van der Waals surface area contributed by atoms with E-state index in [-0.39, 0.29) is 6.61 Å². The van der Waals surface area contributed by atoms with E-state index in [2.05, 4.69) is 5.32 Å². The van der Waals surface area contributed by atoms with Crippen molar-refractivity contribution in [2.75, 3.05) is 12.9 Å². The SMILES string of the molecule is CC(C)(C)OC(=O)N[C@H](CCc1ccccc1)COS(C)(=O)=O. The van der Waals surface area contributed by atoms with E-state index in [1.54, 1.807) is 20.8 Å². The Morgan fingerprint density at radius 3 is 2.35 bits per heavy atom. The van der Waals surface area contributed by atoms with Crippen LogP contribution in [0.4, 0.5) is 4.79 Å². The number of hydrogen-bond donors (Lipinski definition) is 1. The Balaban J connectivity index is 2.62. The summed E-state index contributed by atoms with van der Waals surface area (Å²) in [7, 11) is -3.57. The Kier molecular flexibility index (Phi) is 7.02. The van der Waals surface area contributed by atoms with E-state index in [9.17, 15) is 13.2 Å². The molecule has 0 aliphatic heterocycles. The van der Waals surface area contributed by atoms with Gasteiger partial charge in [-0.15, -0.1) is 0 Å². The summed E-state index contributed by atoms with van der Waals surface area (Å²) in [6.45, 7) is 5.17. The van der Waals surface area contributed by atoms with Gasteiger partial charge in [-0.05, 0) is 39.2 Å². The molecule has 0 radical (unpaired) electrons. The fourth-order valence-corrected chi connectivity index (χ4v) is 2.27. The van der Waals surface area contributed by atoms with Crippen LogP contribution in [0, 0.1) is 0 Å². The van der Waals surface area contributed by atoms with Gasteiger partial charge in [-0.3, -0.25) is 4.18 Å². The summed E-state index contributed by atoms with van der Waals surface area (Å²) in [4.78, 5) is 11.9. The van der Waals surface area contributed by atoms with Crippen molar-refractivity contribution < 1.29 is 22.1 Å². The first-order valence-corrected chi connectivity index (χ1v) is 9.25. The molecular weight excluding hydrogens is 318 g/mol. The number of ether oxygens (including phenoxy) is 1. The molecule has 130 valence electrons. The second kappa shape index (κ2) is 8.31. The second-order valence-corrected chi connectivity index (χ2v) is 8.00. The van der Waals surface area contributed by atoms with Crippen LogP contribution in [-0.4, -0.2) is 39.0 Å². The van der Waals surface area contributed by atoms with Crippen LogP contribution in [0.1, 0.15) is 32.8 Å². The van der Waals surface area contributed by atoms with Gasteiger partial charge in [0.1, 0.15) is 5.60 Å². The molecule has 0 aliphatic rings. The summed E-state index contributed by atoms with van der Waals surface area (Å²) in [5.41, 5.74) is 0.481. The minimum Gasteiger partial charge on any atom is -0.444 e. The van der Waals surface area contributed by atoms with E-state index < -0.39 is 27.9 Å². The monoisotopic (exact) mass is 343 g/mol. The zero-order chi connectivity index (χ0) is 17.5. The molecule has 0 saturated carbocycles. The Labute approximate surface area is 138 Å². The van der Waals surface area contributed by atoms with E-state index in [1.807, 2.05) is 30.3 Å². The molecule has 1 aromatic rings. The summed E-state index contributed by atoms with van der Waals surface area (Å²) in [6, 6.07) is 9.27. The van der Waals surface area contributed by atoms with Gasteiger partial charge in [0.05, 0.1) is 18.9 Å². The molecule has 0 fully saturated rings. The average molecular weight is 343 g/mol. The first kappa shape index (κ1) is 19.4. The maximum atomic E-state index is 11.9. The first-order chi connectivity index (χ1) is 10.6. The molecule has 0 spiro atoms. The van der Waals surface area contributed by atoms with Crippen LogP contribution in [0.25, 0.3) is 0 Å². The van der Waals surface area contributed by atoms with Gasteiger partial charge < -0.3 is 10.1 Å². The van der Waals surface area contributed by atoms with Crippen LogP contribution in [0.2, 0.25) is 0 Å². The number of alkyl carbamates (subject to hydrolysis) is 1. The fourth-order valence-electron chi connectivity index (χ4n) is 1.86. The molecule has 23 heavy (non-hydrogen) atoms. The van der Waals surface area contributed by atoms with Gasteiger partial charge in [-0.1, -0.05) is 30.3 Å². The number of hydrogen-bond acceptors (Lipinski definition) is 5. The minimum absolute atomic E-state index is 0.120. The Morgan fingerprint density at radius 2 is 1.83 bits per heavy atom. The smallest absolute Gasteiger partial charge is 0.407 e. The van der Waals surface area contributed by atoms with Crippen LogP contribution in [-0.2, 0) is 25.5 Å². The van der Waals surface area contributed by atoms with E-state index in [4.69, 9.17) is 8.92 Å². The van der Waals surface area contributed by atoms with Crippen molar-refractivity contribution in [3.05, 3.63) is 35.9 Å². The van der Waals surface area contributed by atoms with Crippen molar-refractivity contribution in [1.29, 1.82) is 0 Å².